The number of hydrogen-bond donors (Lipinski definition) is 2. The third-order valence-electron chi connectivity index (χ3n) is 2.81. The molecular formula is C13H13N3O4S. The molecule has 0 unspecified atom stereocenters. The predicted octanol–water partition coefficient (Wildman–Crippen LogP) is 2.29. The predicted molar refractivity (Wildman–Crippen MR) is 79.5 cm³/mol. The van der Waals surface area contributed by atoms with Crippen molar-refractivity contribution < 1.29 is 13.3 Å². The molecule has 0 aromatic heterocycles. The molecule has 2 aromatic carbocycles. The Morgan fingerprint density at radius 2 is 1.76 bits per heavy atom. The van der Waals surface area contributed by atoms with Crippen LogP contribution in [0.2, 0.25) is 0 Å². The van der Waals surface area contributed by atoms with E-state index in [9.17, 15) is 18.5 Å². The Balaban J connectivity index is 2.35. The van der Waals surface area contributed by atoms with Crippen LogP contribution in [0.25, 0.3) is 0 Å². The van der Waals surface area contributed by atoms with Crippen LogP contribution in [0.4, 0.5) is 17.1 Å². The van der Waals surface area contributed by atoms with Crippen molar-refractivity contribution in [2.75, 3.05) is 10.5 Å². The monoisotopic (exact) mass is 307 g/mol. The van der Waals surface area contributed by atoms with Crippen LogP contribution in [-0.4, -0.2) is 13.3 Å². The highest BCUT2D eigenvalue weighted by molar-refractivity contribution is 7.92. The molecule has 0 aliphatic rings. The van der Waals surface area contributed by atoms with E-state index in [1.54, 1.807) is 12.1 Å². The summed E-state index contributed by atoms with van der Waals surface area (Å²) in [6.45, 7) is 1.84. The molecule has 0 fully saturated rings. The zero-order valence-electron chi connectivity index (χ0n) is 11.1. The van der Waals surface area contributed by atoms with Gasteiger partial charge in [0, 0.05) is 6.07 Å². The molecule has 7 nitrogen and oxygen atoms in total. The number of nitro groups is 1. The fraction of sp³-hybridized carbons (Fsp3) is 0.0769. The Labute approximate surface area is 121 Å². The van der Waals surface area contributed by atoms with Crippen molar-refractivity contribution in [3.05, 3.63) is 58.1 Å². The second-order valence-electron chi connectivity index (χ2n) is 4.45. The first kappa shape index (κ1) is 14.8. The number of rotatable bonds is 4. The van der Waals surface area contributed by atoms with Gasteiger partial charge in [-0.3, -0.25) is 14.8 Å². The molecule has 0 radical (unpaired) electrons. The Bertz CT molecular complexity index is 786. The minimum atomic E-state index is -3.80. The van der Waals surface area contributed by atoms with E-state index in [4.69, 9.17) is 5.73 Å². The molecule has 0 amide bonds. The van der Waals surface area contributed by atoms with Crippen LogP contribution < -0.4 is 10.5 Å². The van der Waals surface area contributed by atoms with Gasteiger partial charge >= 0.3 is 0 Å². The van der Waals surface area contributed by atoms with E-state index in [1.165, 1.54) is 24.3 Å². The number of nitrogens with zero attached hydrogens (tertiary/aromatic N) is 1. The summed E-state index contributed by atoms with van der Waals surface area (Å²) in [6.07, 6.45) is 0. The van der Waals surface area contributed by atoms with Gasteiger partial charge in [0.2, 0.25) is 0 Å². The number of nitrogens with two attached hydrogens (primary N) is 1. The molecule has 0 heterocycles. The molecule has 0 saturated carbocycles. The number of nitrogens with one attached hydrogen (secondary N) is 1. The van der Waals surface area contributed by atoms with E-state index >= 15 is 0 Å². The first-order valence-electron chi connectivity index (χ1n) is 5.93. The van der Waals surface area contributed by atoms with Gasteiger partial charge in [-0.15, -0.1) is 0 Å². The van der Waals surface area contributed by atoms with Crippen molar-refractivity contribution in [1.29, 1.82) is 0 Å². The van der Waals surface area contributed by atoms with Gasteiger partial charge in [-0.1, -0.05) is 17.7 Å². The fourth-order valence-electron chi connectivity index (χ4n) is 1.70. The first-order chi connectivity index (χ1) is 9.79. The minimum absolute atomic E-state index is 0.0294. The zero-order valence-corrected chi connectivity index (χ0v) is 11.9. The Morgan fingerprint density at radius 3 is 2.33 bits per heavy atom. The highest BCUT2D eigenvalue weighted by Crippen LogP contribution is 2.26. The Hall–Kier alpha value is -2.61. The number of anilines is 2. The molecule has 2 aromatic rings. The van der Waals surface area contributed by atoms with Crippen LogP contribution in [0.5, 0.6) is 0 Å². The van der Waals surface area contributed by atoms with Crippen molar-refractivity contribution in [3.8, 4) is 0 Å². The molecule has 21 heavy (non-hydrogen) atoms. The summed E-state index contributed by atoms with van der Waals surface area (Å²) in [5.74, 6) is 0. The summed E-state index contributed by atoms with van der Waals surface area (Å²) in [7, 11) is -3.80. The summed E-state index contributed by atoms with van der Waals surface area (Å²) in [4.78, 5) is 10.2. The number of sulfonamides is 1. The third-order valence-corrected chi connectivity index (χ3v) is 4.21. The van der Waals surface area contributed by atoms with Gasteiger partial charge in [-0.25, -0.2) is 8.42 Å². The van der Waals surface area contributed by atoms with Crippen LogP contribution in [0.1, 0.15) is 5.56 Å². The van der Waals surface area contributed by atoms with Crippen molar-refractivity contribution in [2.24, 2.45) is 0 Å². The van der Waals surface area contributed by atoms with Crippen LogP contribution in [0, 0.1) is 17.0 Å². The fourth-order valence-corrected chi connectivity index (χ4v) is 2.75. The van der Waals surface area contributed by atoms with Crippen molar-refractivity contribution >= 4 is 27.1 Å². The topological polar surface area (TPSA) is 115 Å². The quantitative estimate of drug-likeness (QED) is 0.511. The van der Waals surface area contributed by atoms with Crippen LogP contribution in [0.15, 0.2) is 47.4 Å². The number of hydrogen-bond acceptors (Lipinski definition) is 5. The van der Waals surface area contributed by atoms with Gasteiger partial charge in [0.25, 0.3) is 15.7 Å². The standard InChI is InChI=1S/C13H13N3O4S/c1-9-2-5-11(6-3-9)21(19,20)15-10-4-7-12(14)13(8-10)16(17)18/h2-8,15H,14H2,1H3. The lowest BCUT2D eigenvalue weighted by Gasteiger charge is -2.08. The smallest absolute Gasteiger partial charge is 0.294 e. The summed E-state index contributed by atoms with van der Waals surface area (Å²) < 4.78 is 26.6. The molecule has 0 aliphatic carbocycles. The summed E-state index contributed by atoms with van der Waals surface area (Å²) in [6, 6.07) is 9.99. The second-order valence-corrected chi connectivity index (χ2v) is 6.13. The number of nitro benzene ring substituents is 1. The van der Waals surface area contributed by atoms with E-state index in [-0.39, 0.29) is 22.0 Å². The highest BCUT2D eigenvalue weighted by Gasteiger charge is 2.17. The van der Waals surface area contributed by atoms with Crippen molar-refractivity contribution in [3.63, 3.8) is 0 Å². The third kappa shape index (κ3) is 3.29. The van der Waals surface area contributed by atoms with E-state index in [0.717, 1.165) is 11.6 Å². The lowest BCUT2D eigenvalue weighted by Crippen LogP contribution is -2.13. The first-order valence-corrected chi connectivity index (χ1v) is 7.41. The van der Waals surface area contributed by atoms with E-state index in [0.29, 0.717) is 0 Å². The van der Waals surface area contributed by atoms with Crippen LogP contribution in [-0.2, 0) is 10.0 Å². The molecular weight excluding hydrogens is 294 g/mol. The number of nitrogen functional groups attached to an aromatic ring is 1. The molecule has 3 N–H and O–H groups in total. The molecule has 0 saturated heterocycles. The SMILES string of the molecule is Cc1ccc(S(=O)(=O)Nc2ccc(N)c([N+](=O)[O-])c2)cc1. The summed E-state index contributed by atoms with van der Waals surface area (Å²) >= 11 is 0. The summed E-state index contributed by atoms with van der Waals surface area (Å²) in [5.41, 5.74) is 6.09. The van der Waals surface area contributed by atoms with Crippen LogP contribution >= 0.6 is 0 Å². The normalized spacial score (nSPS) is 11.1. The average molecular weight is 307 g/mol. The molecule has 110 valence electrons. The molecule has 0 spiro atoms. The second kappa shape index (κ2) is 5.41. The maximum Gasteiger partial charge on any atom is 0.294 e. The lowest BCUT2D eigenvalue weighted by atomic mass is 10.2. The van der Waals surface area contributed by atoms with Gasteiger partial charge in [-0.05, 0) is 31.2 Å². The van der Waals surface area contributed by atoms with Crippen molar-refractivity contribution in [2.45, 2.75) is 11.8 Å². The van der Waals surface area contributed by atoms with Gasteiger partial charge in [0.05, 0.1) is 15.5 Å². The molecule has 2 rings (SSSR count). The average Bonchev–Trinajstić information content (AvgIpc) is 2.41. The number of benzene rings is 2. The minimum Gasteiger partial charge on any atom is -0.393 e. The number of aryl methyl sites for hydroxylation is 1. The molecule has 0 bridgehead atoms. The lowest BCUT2D eigenvalue weighted by molar-refractivity contribution is -0.383. The summed E-state index contributed by atoms with van der Waals surface area (Å²) in [5, 5.41) is 10.8. The molecule has 8 heteroatoms. The van der Waals surface area contributed by atoms with Crippen LogP contribution in [0.3, 0.4) is 0 Å². The maximum absolute atomic E-state index is 12.2. The van der Waals surface area contributed by atoms with Gasteiger partial charge in [-0.2, -0.15) is 0 Å². The van der Waals surface area contributed by atoms with E-state index in [2.05, 4.69) is 4.72 Å². The maximum atomic E-state index is 12.2. The molecule has 0 atom stereocenters. The van der Waals surface area contributed by atoms with E-state index in [1.807, 2.05) is 6.92 Å². The van der Waals surface area contributed by atoms with Gasteiger partial charge in [0.1, 0.15) is 5.69 Å². The van der Waals surface area contributed by atoms with Gasteiger partial charge in [0.15, 0.2) is 0 Å². The van der Waals surface area contributed by atoms with E-state index < -0.39 is 14.9 Å². The Morgan fingerprint density at radius 1 is 1.14 bits per heavy atom. The zero-order chi connectivity index (χ0) is 15.6. The largest absolute Gasteiger partial charge is 0.393 e. The highest BCUT2D eigenvalue weighted by atomic mass is 32.2. The Kier molecular flexibility index (Phi) is 3.81. The van der Waals surface area contributed by atoms with Crippen molar-refractivity contribution in [1.82, 2.24) is 0 Å². The van der Waals surface area contributed by atoms with Gasteiger partial charge < -0.3 is 5.73 Å². The molecule has 0 aliphatic heterocycles.